The fourth-order valence-corrected chi connectivity index (χ4v) is 2.97. The van der Waals surface area contributed by atoms with Crippen LogP contribution in [0.15, 0.2) is 42.5 Å². The molecule has 1 heterocycles. The van der Waals surface area contributed by atoms with Crippen molar-refractivity contribution in [2.75, 3.05) is 41.8 Å². The van der Waals surface area contributed by atoms with Crippen molar-refractivity contribution >= 4 is 28.9 Å². The van der Waals surface area contributed by atoms with Gasteiger partial charge in [-0.25, -0.2) is 0 Å². The Bertz CT molecular complexity index is 814. The van der Waals surface area contributed by atoms with Crippen LogP contribution in [0.4, 0.5) is 17.1 Å². The lowest BCUT2D eigenvalue weighted by Crippen LogP contribution is -2.37. The number of nitrogens with one attached hydrogen (secondary N) is 2. The quantitative estimate of drug-likeness (QED) is 0.833. The highest BCUT2D eigenvalue weighted by atomic mass is 16.5. The van der Waals surface area contributed by atoms with Crippen molar-refractivity contribution in [1.29, 1.82) is 0 Å². The summed E-state index contributed by atoms with van der Waals surface area (Å²) in [5, 5.41) is 5.40. The number of rotatable bonds is 3. The minimum absolute atomic E-state index is 0.621. The predicted molar refractivity (Wildman–Crippen MR) is 103 cm³/mol. The summed E-state index contributed by atoms with van der Waals surface area (Å²) in [5.74, 6) is -1.38. The largest absolute Gasteiger partial charge is 0.378 e. The molecule has 2 aromatic carbocycles. The number of para-hydroxylation sites is 2. The molecule has 0 unspecified atom stereocenters. The first-order valence-corrected chi connectivity index (χ1v) is 8.66. The highest BCUT2D eigenvalue weighted by Gasteiger charge is 2.19. The highest BCUT2D eigenvalue weighted by molar-refractivity contribution is 6.44. The number of nitrogens with zero attached hydrogens (tertiary/aromatic N) is 1. The molecule has 2 amide bonds. The first kappa shape index (κ1) is 17.9. The van der Waals surface area contributed by atoms with E-state index in [1.165, 1.54) is 0 Å². The van der Waals surface area contributed by atoms with Gasteiger partial charge in [0.1, 0.15) is 0 Å². The summed E-state index contributed by atoms with van der Waals surface area (Å²) in [6, 6.07) is 13.1. The van der Waals surface area contributed by atoms with Gasteiger partial charge in [-0.1, -0.05) is 29.8 Å². The van der Waals surface area contributed by atoms with Gasteiger partial charge in [-0.05, 0) is 37.6 Å². The smallest absolute Gasteiger partial charge is 0.314 e. The summed E-state index contributed by atoms with van der Waals surface area (Å²) in [6.45, 7) is 6.68. The SMILES string of the molecule is Cc1ccc(NC(=O)C(=O)Nc2ccccc2N2CCOCC2)c(C)c1. The van der Waals surface area contributed by atoms with Crippen molar-refractivity contribution in [2.24, 2.45) is 0 Å². The van der Waals surface area contributed by atoms with Crippen molar-refractivity contribution in [3.05, 3.63) is 53.6 Å². The molecule has 0 saturated carbocycles. The van der Waals surface area contributed by atoms with Crippen LogP contribution in [0, 0.1) is 13.8 Å². The fraction of sp³-hybridized carbons (Fsp3) is 0.300. The van der Waals surface area contributed by atoms with Crippen LogP contribution in [0.3, 0.4) is 0 Å². The van der Waals surface area contributed by atoms with E-state index in [0.29, 0.717) is 24.6 Å². The second-order valence-electron chi connectivity index (χ2n) is 6.34. The van der Waals surface area contributed by atoms with Crippen molar-refractivity contribution in [1.82, 2.24) is 0 Å². The number of ether oxygens (including phenoxy) is 1. The molecule has 1 aliphatic rings. The van der Waals surface area contributed by atoms with Crippen LogP contribution < -0.4 is 15.5 Å². The normalized spacial score (nSPS) is 14.0. The summed E-state index contributed by atoms with van der Waals surface area (Å²) in [5.41, 5.74) is 4.17. The average molecular weight is 353 g/mol. The molecule has 2 N–H and O–H groups in total. The van der Waals surface area contributed by atoms with Gasteiger partial charge >= 0.3 is 11.8 Å². The second kappa shape index (κ2) is 8.01. The lowest BCUT2D eigenvalue weighted by molar-refractivity contribution is -0.132. The number of hydrogen-bond donors (Lipinski definition) is 2. The molecule has 26 heavy (non-hydrogen) atoms. The molecule has 0 spiro atoms. The van der Waals surface area contributed by atoms with E-state index >= 15 is 0 Å². The number of anilines is 3. The van der Waals surface area contributed by atoms with Gasteiger partial charge in [0, 0.05) is 18.8 Å². The summed E-state index contributed by atoms with van der Waals surface area (Å²) in [6.07, 6.45) is 0. The predicted octanol–water partition coefficient (Wildman–Crippen LogP) is 2.72. The van der Waals surface area contributed by atoms with Crippen LogP contribution in [0.2, 0.25) is 0 Å². The monoisotopic (exact) mass is 353 g/mol. The molecule has 1 saturated heterocycles. The van der Waals surface area contributed by atoms with Gasteiger partial charge in [-0.15, -0.1) is 0 Å². The Hall–Kier alpha value is -2.86. The minimum Gasteiger partial charge on any atom is -0.378 e. The standard InChI is InChI=1S/C20H23N3O3/c1-14-7-8-16(15(2)13-14)21-19(24)20(25)22-17-5-3-4-6-18(17)23-9-11-26-12-10-23/h3-8,13H,9-12H2,1-2H3,(H,21,24)(H,22,25). The Balaban J connectivity index is 1.70. The zero-order valence-electron chi connectivity index (χ0n) is 15.0. The third-order valence-corrected chi connectivity index (χ3v) is 4.34. The summed E-state index contributed by atoms with van der Waals surface area (Å²) in [7, 11) is 0. The van der Waals surface area contributed by atoms with Crippen LogP contribution in [0.1, 0.15) is 11.1 Å². The van der Waals surface area contributed by atoms with Crippen molar-refractivity contribution in [3.8, 4) is 0 Å². The highest BCUT2D eigenvalue weighted by Crippen LogP contribution is 2.26. The topological polar surface area (TPSA) is 70.7 Å². The van der Waals surface area contributed by atoms with Crippen molar-refractivity contribution in [3.63, 3.8) is 0 Å². The molecule has 3 rings (SSSR count). The molecule has 1 fully saturated rings. The number of carbonyl (C=O) groups is 2. The van der Waals surface area contributed by atoms with E-state index in [2.05, 4.69) is 15.5 Å². The third-order valence-electron chi connectivity index (χ3n) is 4.34. The van der Waals surface area contributed by atoms with E-state index in [4.69, 9.17) is 4.74 Å². The number of morpholine rings is 1. The molecule has 136 valence electrons. The Morgan fingerprint density at radius 1 is 0.923 bits per heavy atom. The van der Waals surface area contributed by atoms with Gasteiger partial charge in [-0.3, -0.25) is 9.59 Å². The van der Waals surface area contributed by atoms with Gasteiger partial charge in [-0.2, -0.15) is 0 Å². The van der Waals surface area contributed by atoms with Crippen LogP contribution >= 0.6 is 0 Å². The molecule has 0 aromatic heterocycles. The van der Waals surface area contributed by atoms with E-state index in [-0.39, 0.29) is 0 Å². The molecule has 1 aliphatic heterocycles. The maximum absolute atomic E-state index is 12.4. The van der Waals surface area contributed by atoms with Crippen LogP contribution in [0.5, 0.6) is 0 Å². The summed E-state index contributed by atoms with van der Waals surface area (Å²) in [4.78, 5) is 26.8. The third kappa shape index (κ3) is 4.21. The Morgan fingerprint density at radius 3 is 2.27 bits per heavy atom. The molecule has 0 aliphatic carbocycles. The Morgan fingerprint density at radius 2 is 1.58 bits per heavy atom. The van der Waals surface area contributed by atoms with E-state index in [9.17, 15) is 9.59 Å². The molecular weight excluding hydrogens is 330 g/mol. The van der Waals surface area contributed by atoms with Crippen molar-refractivity contribution in [2.45, 2.75) is 13.8 Å². The van der Waals surface area contributed by atoms with Gasteiger partial charge in [0.2, 0.25) is 0 Å². The maximum Gasteiger partial charge on any atom is 0.314 e. The molecule has 0 radical (unpaired) electrons. The number of amides is 2. The zero-order chi connectivity index (χ0) is 18.5. The Labute approximate surface area is 153 Å². The van der Waals surface area contributed by atoms with Gasteiger partial charge in [0.25, 0.3) is 0 Å². The maximum atomic E-state index is 12.4. The van der Waals surface area contributed by atoms with Crippen molar-refractivity contribution < 1.29 is 14.3 Å². The van der Waals surface area contributed by atoms with E-state index in [0.717, 1.165) is 29.9 Å². The van der Waals surface area contributed by atoms with E-state index in [1.807, 2.05) is 44.2 Å². The second-order valence-corrected chi connectivity index (χ2v) is 6.34. The molecule has 6 heteroatoms. The Kier molecular flexibility index (Phi) is 5.53. The first-order chi connectivity index (χ1) is 12.5. The fourth-order valence-electron chi connectivity index (χ4n) is 2.97. The lowest BCUT2D eigenvalue weighted by atomic mass is 10.1. The number of carbonyl (C=O) groups excluding carboxylic acids is 2. The summed E-state index contributed by atoms with van der Waals surface area (Å²) < 4.78 is 5.37. The average Bonchev–Trinajstić information content (AvgIpc) is 2.65. The molecule has 0 bridgehead atoms. The van der Waals surface area contributed by atoms with Gasteiger partial charge in [0.15, 0.2) is 0 Å². The molecule has 2 aromatic rings. The lowest BCUT2D eigenvalue weighted by Gasteiger charge is -2.30. The first-order valence-electron chi connectivity index (χ1n) is 8.66. The van der Waals surface area contributed by atoms with E-state index < -0.39 is 11.8 Å². The number of aryl methyl sites for hydroxylation is 2. The van der Waals surface area contributed by atoms with Gasteiger partial charge in [0.05, 0.1) is 24.6 Å². The van der Waals surface area contributed by atoms with E-state index in [1.54, 1.807) is 12.1 Å². The molecular formula is C20H23N3O3. The number of hydrogen-bond acceptors (Lipinski definition) is 4. The van der Waals surface area contributed by atoms with Crippen LogP contribution in [0.25, 0.3) is 0 Å². The summed E-state index contributed by atoms with van der Waals surface area (Å²) >= 11 is 0. The minimum atomic E-state index is -0.689. The van der Waals surface area contributed by atoms with Crippen LogP contribution in [-0.4, -0.2) is 38.1 Å². The van der Waals surface area contributed by atoms with Gasteiger partial charge < -0.3 is 20.3 Å². The zero-order valence-corrected chi connectivity index (χ0v) is 15.0. The van der Waals surface area contributed by atoms with Crippen LogP contribution in [-0.2, 0) is 14.3 Å². The molecule has 0 atom stereocenters. The molecule has 6 nitrogen and oxygen atoms in total. The number of benzene rings is 2.